The molecule has 0 aromatic heterocycles. The van der Waals surface area contributed by atoms with Gasteiger partial charge in [-0.25, -0.2) is 0 Å². The number of benzene rings is 1. The van der Waals surface area contributed by atoms with Crippen LogP contribution < -0.4 is 5.32 Å². The van der Waals surface area contributed by atoms with Crippen LogP contribution in [-0.4, -0.2) is 25.0 Å². The van der Waals surface area contributed by atoms with E-state index in [-0.39, 0.29) is 24.3 Å². The molecule has 4 nitrogen and oxygen atoms in total. The summed E-state index contributed by atoms with van der Waals surface area (Å²) in [6.07, 6.45) is 2.28. The minimum absolute atomic E-state index is 0.167. The number of nitrogens with one attached hydrogen (secondary N) is 1. The average molecular weight is 271 g/mol. The number of amides is 1. The summed E-state index contributed by atoms with van der Waals surface area (Å²) in [7, 11) is 1.35. The highest BCUT2D eigenvalue weighted by molar-refractivity contribution is 5.94. The molecule has 1 aliphatic carbocycles. The van der Waals surface area contributed by atoms with Gasteiger partial charge in [0.15, 0.2) is 0 Å². The number of hydrogen-bond acceptors (Lipinski definition) is 3. The molecule has 4 heteroatoms. The maximum Gasteiger partial charge on any atom is 0.307 e. The van der Waals surface area contributed by atoms with Crippen molar-refractivity contribution in [1.82, 2.24) is 5.32 Å². The molecule has 2 rings (SSSR count). The first kappa shape index (κ1) is 14.1. The Morgan fingerprint density at radius 1 is 1.35 bits per heavy atom. The van der Waals surface area contributed by atoms with E-state index in [1.54, 1.807) is 0 Å². The molecule has 1 aromatic rings. The van der Waals surface area contributed by atoms with Crippen molar-refractivity contribution in [3.8, 4) is 11.8 Å². The Kier molecular flexibility index (Phi) is 4.78. The van der Waals surface area contributed by atoms with Gasteiger partial charge in [-0.05, 0) is 30.9 Å². The zero-order valence-electron chi connectivity index (χ0n) is 11.4. The fraction of sp³-hybridized carbons (Fsp3) is 0.375. The van der Waals surface area contributed by atoms with Crippen LogP contribution in [0.3, 0.4) is 0 Å². The quantitative estimate of drug-likeness (QED) is 0.667. The zero-order chi connectivity index (χ0) is 14.4. The van der Waals surface area contributed by atoms with E-state index >= 15 is 0 Å². The first-order valence-corrected chi connectivity index (χ1v) is 6.63. The second kappa shape index (κ2) is 6.76. The van der Waals surface area contributed by atoms with Crippen LogP contribution in [-0.2, 0) is 14.3 Å². The van der Waals surface area contributed by atoms with Crippen LogP contribution >= 0.6 is 0 Å². The maximum atomic E-state index is 11.8. The van der Waals surface area contributed by atoms with Crippen LogP contribution in [0.15, 0.2) is 30.3 Å². The number of methoxy groups -OCH3 is 1. The van der Waals surface area contributed by atoms with Gasteiger partial charge in [-0.3, -0.25) is 9.59 Å². The van der Waals surface area contributed by atoms with E-state index in [4.69, 9.17) is 0 Å². The van der Waals surface area contributed by atoms with Crippen LogP contribution in [0.4, 0.5) is 0 Å². The third-order valence-electron chi connectivity index (χ3n) is 3.22. The molecule has 0 saturated heterocycles. The van der Waals surface area contributed by atoms with Crippen LogP contribution in [0.5, 0.6) is 0 Å². The summed E-state index contributed by atoms with van der Waals surface area (Å²) in [5, 5.41) is 2.80. The molecule has 0 radical (unpaired) electrons. The van der Waals surface area contributed by atoms with Crippen LogP contribution in [0.25, 0.3) is 0 Å². The van der Waals surface area contributed by atoms with Gasteiger partial charge in [-0.15, -0.1) is 0 Å². The van der Waals surface area contributed by atoms with Crippen molar-refractivity contribution in [2.75, 3.05) is 7.11 Å². The number of rotatable bonds is 4. The van der Waals surface area contributed by atoms with Gasteiger partial charge in [0, 0.05) is 17.5 Å². The first-order valence-electron chi connectivity index (χ1n) is 6.63. The summed E-state index contributed by atoms with van der Waals surface area (Å²) >= 11 is 0. The molecule has 1 N–H and O–H groups in total. The highest BCUT2D eigenvalue weighted by atomic mass is 16.5. The molecule has 1 aliphatic rings. The predicted molar refractivity (Wildman–Crippen MR) is 74.6 cm³/mol. The molecule has 1 fully saturated rings. The summed E-state index contributed by atoms with van der Waals surface area (Å²) < 4.78 is 4.64. The van der Waals surface area contributed by atoms with Crippen LogP contribution in [0.1, 0.15) is 24.8 Å². The van der Waals surface area contributed by atoms with Crippen molar-refractivity contribution >= 4 is 11.9 Å². The van der Waals surface area contributed by atoms with Gasteiger partial charge in [0.25, 0.3) is 5.91 Å². The highest BCUT2D eigenvalue weighted by Crippen LogP contribution is 2.34. The lowest BCUT2D eigenvalue weighted by atomic mass is 10.1. The SMILES string of the molecule is COC(=O)C[C@H](NC(=O)C#Cc1ccccc1)C1CC1. The van der Waals surface area contributed by atoms with Crippen molar-refractivity contribution in [2.24, 2.45) is 5.92 Å². The molecule has 20 heavy (non-hydrogen) atoms. The van der Waals surface area contributed by atoms with Crippen molar-refractivity contribution in [3.63, 3.8) is 0 Å². The highest BCUT2D eigenvalue weighted by Gasteiger charge is 2.33. The Morgan fingerprint density at radius 3 is 2.65 bits per heavy atom. The molecule has 1 amide bonds. The smallest absolute Gasteiger partial charge is 0.307 e. The minimum atomic E-state index is -0.352. The molecule has 0 spiro atoms. The topological polar surface area (TPSA) is 55.4 Å². The molecular weight excluding hydrogens is 254 g/mol. The third-order valence-corrected chi connectivity index (χ3v) is 3.22. The minimum Gasteiger partial charge on any atom is -0.469 e. The monoisotopic (exact) mass is 271 g/mol. The molecule has 0 aliphatic heterocycles. The van der Waals surface area contributed by atoms with Crippen molar-refractivity contribution in [1.29, 1.82) is 0 Å². The Hall–Kier alpha value is -2.28. The second-order valence-electron chi connectivity index (χ2n) is 4.81. The van der Waals surface area contributed by atoms with E-state index in [1.807, 2.05) is 30.3 Å². The van der Waals surface area contributed by atoms with Gasteiger partial charge in [-0.1, -0.05) is 24.1 Å². The first-order chi connectivity index (χ1) is 9.69. The van der Waals surface area contributed by atoms with Gasteiger partial charge < -0.3 is 10.1 Å². The van der Waals surface area contributed by atoms with E-state index in [9.17, 15) is 9.59 Å². The largest absolute Gasteiger partial charge is 0.469 e. The number of carbonyl (C=O) groups is 2. The molecule has 104 valence electrons. The van der Waals surface area contributed by atoms with Crippen molar-refractivity contribution in [2.45, 2.75) is 25.3 Å². The molecule has 1 saturated carbocycles. The summed E-state index contributed by atoms with van der Waals surface area (Å²) in [6.45, 7) is 0. The molecule has 1 atom stereocenters. The van der Waals surface area contributed by atoms with E-state index < -0.39 is 0 Å². The fourth-order valence-corrected chi connectivity index (χ4v) is 1.95. The van der Waals surface area contributed by atoms with Gasteiger partial charge >= 0.3 is 5.97 Å². The second-order valence-corrected chi connectivity index (χ2v) is 4.81. The standard InChI is InChI=1S/C16H17NO3/c1-20-16(19)11-14(13-8-9-13)17-15(18)10-7-12-5-3-2-4-6-12/h2-6,13-14H,8-9,11H2,1H3,(H,17,18)/t14-/m0/s1. The van der Waals surface area contributed by atoms with Crippen molar-refractivity contribution in [3.05, 3.63) is 35.9 Å². The Morgan fingerprint density at radius 2 is 2.05 bits per heavy atom. The van der Waals surface area contributed by atoms with Gasteiger partial charge in [0.1, 0.15) is 0 Å². The molecule has 0 bridgehead atoms. The molecular formula is C16H17NO3. The summed E-state index contributed by atoms with van der Waals surface area (Å²) in [5.74, 6) is 5.06. The summed E-state index contributed by atoms with van der Waals surface area (Å²) in [6, 6.07) is 9.14. The van der Waals surface area contributed by atoms with E-state index in [1.165, 1.54) is 7.11 Å². The van der Waals surface area contributed by atoms with E-state index in [2.05, 4.69) is 21.9 Å². The lowest BCUT2D eigenvalue weighted by Gasteiger charge is -2.14. The zero-order valence-corrected chi connectivity index (χ0v) is 11.4. The van der Waals surface area contributed by atoms with E-state index in [0.717, 1.165) is 18.4 Å². The lowest BCUT2D eigenvalue weighted by Crippen LogP contribution is -2.37. The number of ether oxygens (including phenoxy) is 1. The van der Waals surface area contributed by atoms with E-state index in [0.29, 0.717) is 5.92 Å². The third kappa shape index (κ3) is 4.43. The normalized spacial score (nSPS) is 14.7. The molecule has 1 aromatic carbocycles. The van der Waals surface area contributed by atoms with Crippen molar-refractivity contribution < 1.29 is 14.3 Å². The predicted octanol–water partition coefficient (Wildman–Crippen LogP) is 1.50. The average Bonchev–Trinajstić information content (AvgIpc) is 3.30. The fourth-order valence-electron chi connectivity index (χ4n) is 1.95. The summed E-state index contributed by atoms with van der Waals surface area (Å²) in [4.78, 5) is 23.1. The summed E-state index contributed by atoms with van der Waals surface area (Å²) in [5.41, 5.74) is 0.790. The van der Waals surface area contributed by atoms with Gasteiger partial charge in [0.05, 0.1) is 13.5 Å². The van der Waals surface area contributed by atoms with Crippen LogP contribution in [0.2, 0.25) is 0 Å². The number of hydrogen-bond donors (Lipinski definition) is 1. The van der Waals surface area contributed by atoms with Gasteiger partial charge in [0.2, 0.25) is 0 Å². The number of esters is 1. The van der Waals surface area contributed by atoms with Gasteiger partial charge in [-0.2, -0.15) is 0 Å². The molecule has 0 heterocycles. The Bertz CT molecular complexity index is 538. The Labute approximate surface area is 118 Å². The number of carbonyl (C=O) groups excluding carboxylic acids is 2. The maximum absolute atomic E-state index is 11.8. The Balaban J connectivity index is 1.92. The molecule has 0 unspecified atom stereocenters. The lowest BCUT2D eigenvalue weighted by molar-refractivity contribution is -0.141. The van der Waals surface area contributed by atoms with Crippen LogP contribution in [0, 0.1) is 17.8 Å².